The highest BCUT2D eigenvalue weighted by Gasteiger charge is 2.28. The van der Waals surface area contributed by atoms with Gasteiger partial charge in [0, 0.05) is 6.07 Å². The third-order valence-corrected chi connectivity index (χ3v) is 4.57. The molecule has 0 fully saturated rings. The molecule has 4 rings (SSSR count). The number of fused-ring (bicyclic) bond motifs is 1. The highest BCUT2D eigenvalue weighted by atomic mass is 16.5. The van der Waals surface area contributed by atoms with E-state index in [1.54, 1.807) is 55.7 Å². The summed E-state index contributed by atoms with van der Waals surface area (Å²) in [4.78, 5) is 25.1. The molecule has 6 heteroatoms. The first kappa shape index (κ1) is 19.3. The van der Waals surface area contributed by atoms with Crippen molar-refractivity contribution in [1.29, 1.82) is 0 Å². The molecule has 3 aromatic rings. The molecule has 1 aliphatic heterocycles. The lowest BCUT2D eigenvalue weighted by molar-refractivity contribution is 0.0731. The fourth-order valence-corrected chi connectivity index (χ4v) is 3.09. The number of para-hydroxylation sites is 1. The van der Waals surface area contributed by atoms with E-state index in [9.17, 15) is 9.59 Å². The highest BCUT2D eigenvalue weighted by molar-refractivity contribution is 6.14. The van der Waals surface area contributed by atoms with Gasteiger partial charge in [-0.15, -0.1) is 0 Å². The Labute approximate surface area is 173 Å². The zero-order valence-corrected chi connectivity index (χ0v) is 16.4. The van der Waals surface area contributed by atoms with Crippen LogP contribution in [0.2, 0.25) is 0 Å². The van der Waals surface area contributed by atoms with E-state index in [-0.39, 0.29) is 17.3 Å². The summed E-state index contributed by atoms with van der Waals surface area (Å²) in [5.41, 5.74) is 1.48. The van der Waals surface area contributed by atoms with Crippen LogP contribution in [0.25, 0.3) is 6.08 Å². The van der Waals surface area contributed by atoms with E-state index >= 15 is 0 Å². The number of methoxy groups -OCH3 is 2. The van der Waals surface area contributed by atoms with Crippen molar-refractivity contribution in [3.63, 3.8) is 0 Å². The molecule has 0 amide bonds. The van der Waals surface area contributed by atoms with Gasteiger partial charge in [0.15, 0.2) is 5.76 Å². The second kappa shape index (κ2) is 8.13. The van der Waals surface area contributed by atoms with Crippen molar-refractivity contribution in [1.82, 2.24) is 0 Å². The van der Waals surface area contributed by atoms with E-state index < -0.39 is 5.97 Å². The van der Waals surface area contributed by atoms with Gasteiger partial charge < -0.3 is 18.9 Å². The summed E-state index contributed by atoms with van der Waals surface area (Å²) in [7, 11) is 3.06. The number of Topliss-reactive ketones (excluding diaryl/α,β-unsaturated/α-hetero) is 1. The Morgan fingerprint density at radius 3 is 2.53 bits per heavy atom. The third kappa shape index (κ3) is 3.75. The van der Waals surface area contributed by atoms with E-state index in [1.807, 2.05) is 18.2 Å². The smallest absolute Gasteiger partial charge is 0.347 e. The van der Waals surface area contributed by atoms with Crippen molar-refractivity contribution in [2.45, 2.75) is 0 Å². The molecule has 0 radical (unpaired) electrons. The number of benzene rings is 3. The summed E-state index contributed by atoms with van der Waals surface area (Å²) >= 11 is 0. The number of ketones is 1. The monoisotopic (exact) mass is 402 g/mol. The van der Waals surface area contributed by atoms with Gasteiger partial charge in [-0.25, -0.2) is 4.79 Å². The topological polar surface area (TPSA) is 71.1 Å². The van der Waals surface area contributed by atoms with Crippen molar-refractivity contribution in [3.05, 3.63) is 89.2 Å². The molecule has 3 aromatic carbocycles. The van der Waals surface area contributed by atoms with Gasteiger partial charge in [0.1, 0.15) is 28.6 Å². The lowest BCUT2D eigenvalue weighted by atomic mass is 10.1. The van der Waals surface area contributed by atoms with Crippen LogP contribution < -0.4 is 18.9 Å². The van der Waals surface area contributed by atoms with Crippen LogP contribution in [0.15, 0.2) is 72.5 Å². The van der Waals surface area contributed by atoms with Gasteiger partial charge in [-0.1, -0.05) is 24.3 Å². The maximum Gasteiger partial charge on any atom is 0.347 e. The first-order valence-electron chi connectivity index (χ1n) is 9.16. The molecule has 6 nitrogen and oxygen atoms in total. The van der Waals surface area contributed by atoms with Crippen molar-refractivity contribution < 1.29 is 28.5 Å². The number of ether oxygens (including phenoxy) is 4. The Morgan fingerprint density at radius 1 is 0.900 bits per heavy atom. The number of carbonyl (C=O) groups is 2. The molecule has 0 aromatic heterocycles. The fraction of sp³-hybridized carbons (Fsp3) is 0.0833. The number of esters is 1. The molecule has 0 bridgehead atoms. The van der Waals surface area contributed by atoms with Crippen molar-refractivity contribution in [2.24, 2.45) is 0 Å². The molecule has 0 saturated carbocycles. The van der Waals surface area contributed by atoms with Crippen molar-refractivity contribution in [2.75, 3.05) is 14.2 Å². The van der Waals surface area contributed by atoms with Gasteiger partial charge in [-0.3, -0.25) is 4.79 Å². The molecular weight excluding hydrogens is 384 g/mol. The standard InChI is InChI=1S/C24H18O6/c1-27-16-7-5-6-15(12-16)13-22-23(25)18-11-10-17(14-21(18)30-22)29-24(26)19-8-3-4-9-20(19)28-2/h3-14H,1-2H3/b22-13-. The molecule has 150 valence electrons. The first-order valence-corrected chi connectivity index (χ1v) is 9.16. The Morgan fingerprint density at radius 2 is 1.73 bits per heavy atom. The zero-order valence-electron chi connectivity index (χ0n) is 16.4. The lowest BCUT2D eigenvalue weighted by Gasteiger charge is -2.08. The largest absolute Gasteiger partial charge is 0.497 e. The van der Waals surface area contributed by atoms with Crippen LogP contribution in [-0.2, 0) is 0 Å². The maximum absolute atomic E-state index is 12.6. The molecule has 0 N–H and O–H groups in total. The normalized spacial score (nSPS) is 13.5. The van der Waals surface area contributed by atoms with E-state index in [4.69, 9.17) is 18.9 Å². The van der Waals surface area contributed by atoms with Crippen molar-refractivity contribution >= 4 is 17.8 Å². The van der Waals surface area contributed by atoms with Crippen LogP contribution in [0.3, 0.4) is 0 Å². The van der Waals surface area contributed by atoms with Crippen LogP contribution in [0.1, 0.15) is 26.3 Å². The maximum atomic E-state index is 12.6. The van der Waals surface area contributed by atoms with Crippen molar-refractivity contribution in [3.8, 4) is 23.0 Å². The quantitative estimate of drug-likeness (QED) is 0.355. The predicted molar refractivity (Wildman–Crippen MR) is 110 cm³/mol. The van der Waals surface area contributed by atoms with Crippen LogP contribution in [0, 0.1) is 0 Å². The Balaban J connectivity index is 1.56. The molecule has 0 spiro atoms. The van der Waals surface area contributed by atoms with Gasteiger partial charge in [0.2, 0.25) is 5.78 Å². The summed E-state index contributed by atoms with van der Waals surface area (Å²) < 4.78 is 21.6. The number of hydrogen-bond donors (Lipinski definition) is 0. The minimum absolute atomic E-state index is 0.187. The zero-order chi connectivity index (χ0) is 21.1. The molecule has 0 aliphatic carbocycles. The number of rotatable bonds is 5. The van der Waals surface area contributed by atoms with E-state index in [2.05, 4.69) is 0 Å². The van der Waals surface area contributed by atoms with Crippen LogP contribution in [-0.4, -0.2) is 26.0 Å². The molecular formula is C24H18O6. The molecule has 0 atom stereocenters. The minimum Gasteiger partial charge on any atom is -0.497 e. The number of hydrogen-bond acceptors (Lipinski definition) is 6. The van der Waals surface area contributed by atoms with Crippen LogP contribution in [0.4, 0.5) is 0 Å². The van der Waals surface area contributed by atoms with Crippen LogP contribution >= 0.6 is 0 Å². The highest BCUT2D eigenvalue weighted by Crippen LogP contribution is 2.35. The van der Waals surface area contributed by atoms with Crippen LogP contribution in [0.5, 0.6) is 23.0 Å². The molecule has 0 saturated heterocycles. The Hall–Kier alpha value is -4.06. The van der Waals surface area contributed by atoms with E-state index in [1.165, 1.54) is 13.2 Å². The summed E-state index contributed by atoms with van der Waals surface area (Å²) in [6.07, 6.45) is 1.64. The Kier molecular flexibility index (Phi) is 5.22. The molecule has 1 aliphatic rings. The van der Waals surface area contributed by atoms with Gasteiger partial charge in [-0.2, -0.15) is 0 Å². The second-order valence-electron chi connectivity index (χ2n) is 6.46. The second-order valence-corrected chi connectivity index (χ2v) is 6.46. The lowest BCUT2D eigenvalue weighted by Crippen LogP contribution is -2.10. The fourth-order valence-electron chi connectivity index (χ4n) is 3.09. The predicted octanol–water partition coefficient (Wildman–Crippen LogP) is 4.54. The minimum atomic E-state index is -0.566. The van der Waals surface area contributed by atoms with Gasteiger partial charge in [0.25, 0.3) is 0 Å². The summed E-state index contributed by atoms with van der Waals surface area (Å²) in [5, 5.41) is 0. The molecule has 1 heterocycles. The summed E-state index contributed by atoms with van der Waals surface area (Å²) in [6, 6.07) is 18.7. The Bertz CT molecular complexity index is 1160. The van der Waals surface area contributed by atoms with E-state index in [0.29, 0.717) is 28.4 Å². The molecule has 0 unspecified atom stereocenters. The first-order chi connectivity index (χ1) is 14.6. The van der Waals surface area contributed by atoms with Gasteiger partial charge in [0.05, 0.1) is 19.8 Å². The van der Waals surface area contributed by atoms with Gasteiger partial charge in [-0.05, 0) is 48.0 Å². The number of allylic oxidation sites excluding steroid dienone is 1. The number of carbonyl (C=O) groups excluding carboxylic acids is 2. The third-order valence-electron chi connectivity index (χ3n) is 4.57. The average Bonchev–Trinajstić information content (AvgIpc) is 3.08. The average molecular weight is 402 g/mol. The van der Waals surface area contributed by atoms with E-state index in [0.717, 1.165) is 5.56 Å². The SMILES string of the molecule is COc1cccc(/C=C2\Oc3cc(OC(=O)c4ccccc4OC)ccc3C2=O)c1. The molecule has 30 heavy (non-hydrogen) atoms. The summed E-state index contributed by atoms with van der Waals surface area (Å²) in [6.45, 7) is 0. The summed E-state index contributed by atoms with van der Waals surface area (Å²) in [5.74, 6) is 1.07. The van der Waals surface area contributed by atoms with Gasteiger partial charge >= 0.3 is 5.97 Å².